The Morgan fingerprint density at radius 2 is 1.09 bits per heavy atom. The summed E-state index contributed by atoms with van der Waals surface area (Å²) in [5, 5.41) is 0.874. The summed E-state index contributed by atoms with van der Waals surface area (Å²) in [6.45, 7) is 19.5. The summed E-state index contributed by atoms with van der Waals surface area (Å²) in [6, 6.07) is 10.1. The van der Waals surface area contributed by atoms with Crippen LogP contribution in [0.3, 0.4) is 0 Å². The third kappa shape index (κ3) is 14.5. The van der Waals surface area contributed by atoms with Crippen molar-refractivity contribution in [2.75, 3.05) is 19.8 Å². The van der Waals surface area contributed by atoms with Crippen LogP contribution >= 0.6 is 8.58 Å². The van der Waals surface area contributed by atoms with Gasteiger partial charge in [0.25, 0.3) is 0 Å². The average Bonchev–Trinajstić information content (AvgIpc) is 3.02. The SMILES string of the molecule is CCCCC(CC)COc1cc(OCC(CC)CCCC)c(PC(=O)c2c(C)cccc2C)c(OCC(CC)CCCC)c1.[H-].[Li+]. The zero-order chi connectivity index (χ0) is 32.3. The minimum Gasteiger partial charge on any atom is -1.00 e. The summed E-state index contributed by atoms with van der Waals surface area (Å²) in [6.07, 6.45) is 13.9. The summed E-state index contributed by atoms with van der Waals surface area (Å²) in [7, 11) is -0.0945. The van der Waals surface area contributed by atoms with Crippen molar-refractivity contribution in [1.82, 2.24) is 0 Å². The van der Waals surface area contributed by atoms with Gasteiger partial charge >= 0.3 is 18.9 Å². The Morgan fingerprint density at radius 1 is 0.689 bits per heavy atom. The van der Waals surface area contributed by atoms with Crippen molar-refractivity contribution < 1.29 is 39.3 Å². The normalized spacial score (nSPS) is 13.3. The maximum absolute atomic E-state index is 13.9. The van der Waals surface area contributed by atoms with Crippen LogP contribution in [0.2, 0.25) is 0 Å². The van der Waals surface area contributed by atoms with Gasteiger partial charge in [0.05, 0.1) is 25.1 Å². The molecule has 2 rings (SSSR count). The van der Waals surface area contributed by atoms with Gasteiger partial charge in [-0.25, -0.2) is 0 Å². The molecule has 0 aliphatic heterocycles. The maximum Gasteiger partial charge on any atom is 1.00 e. The first-order valence-electron chi connectivity index (χ1n) is 17.7. The van der Waals surface area contributed by atoms with Gasteiger partial charge < -0.3 is 15.6 Å². The second-order valence-electron chi connectivity index (χ2n) is 12.7. The molecule has 6 heteroatoms. The van der Waals surface area contributed by atoms with Gasteiger partial charge in [0.1, 0.15) is 17.2 Å². The van der Waals surface area contributed by atoms with Gasteiger partial charge in [-0.15, -0.1) is 0 Å². The predicted molar refractivity (Wildman–Crippen MR) is 192 cm³/mol. The molecule has 4 atom stereocenters. The van der Waals surface area contributed by atoms with Gasteiger partial charge in [-0.3, -0.25) is 4.79 Å². The van der Waals surface area contributed by atoms with Crippen molar-refractivity contribution in [3.05, 3.63) is 47.0 Å². The molecular formula is C39H64LiO4P. The zero-order valence-corrected chi connectivity index (χ0v) is 31.4. The molecule has 0 aliphatic carbocycles. The fraction of sp³-hybridized carbons (Fsp3) is 0.667. The number of hydrogen-bond donors (Lipinski definition) is 0. The molecule has 0 aromatic heterocycles. The fourth-order valence-electron chi connectivity index (χ4n) is 5.67. The number of ether oxygens (including phenoxy) is 3. The van der Waals surface area contributed by atoms with Crippen molar-refractivity contribution in [3.8, 4) is 17.2 Å². The summed E-state index contributed by atoms with van der Waals surface area (Å²) in [5.74, 6) is 3.74. The van der Waals surface area contributed by atoms with E-state index in [2.05, 4.69) is 41.5 Å². The van der Waals surface area contributed by atoms with Gasteiger partial charge in [0, 0.05) is 17.7 Å². The first-order valence-corrected chi connectivity index (χ1v) is 18.7. The van der Waals surface area contributed by atoms with Crippen LogP contribution in [0.25, 0.3) is 0 Å². The summed E-state index contributed by atoms with van der Waals surface area (Å²) < 4.78 is 19.8. The van der Waals surface area contributed by atoms with Gasteiger partial charge in [-0.2, -0.15) is 0 Å². The number of rotatable bonds is 24. The minimum absolute atomic E-state index is 0. The number of aryl methyl sites for hydroxylation is 2. The van der Waals surface area contributed by atoms with Gasteiger partial charge in [0.2, 0.25) is 0 Å². The number of benzene rings is 2. The van der Waals surface area contributed by atoms with E-state index >= 15 is 0 Å². The van der Waals surface area contributed by atoms with Crippen LogP contribution < -0.4 is 38.4 Å². The van der Waals surface area contributed by atoms with Crippen molar-refractivity contribution in [3.63, 3.8) is 0 Å². The molecule has 2 aromatic carbocycles. The van der Waals surface area contributed by atoms with Gasteiger partial charge in [-0.1, -0.05) is 118 Å². The smallest absolute Gasteiger partial charge is 1.00 e. The second-order valence-corrected chi connectivity index (χ2v) is 13.9. The Bertz CT molecular complexity index is 1050. The largest absolute Gasteiger partial charge is 1.00 e. The number of hydrogen-bond acceptors (Lipinski definition) is 4. The molecule has 0 radical (unpaired) electrons. The van der Waals surface area contributed by atoms with Gasteiger partial charge in [0.15, 0.2) is 5.52 Å². The molecule has 0 aliphatic rings. The van der Waals surface area contributed by atoms with E-state index in [4.69, 9.17) is 14.2 Å². The van der Waals surface area contributed by atoms with Crippen LogP contribution in [0.5, 0.6) is 17.2 Å². The van der Waals surface area contributed by atoms with E-state index in [1.807, 2.05) is 44.2 Å². The standard InChI is InChI=1S/C39H63O4P.Li.H/c1-9-15-21-31(12-4)26-41-34-24-35(42-27-32(13-5)22-16-10-2)38(36(25-34)43-28-33(14-6)23-17-11-3)44-39(40)37-29(7)19-18-20-30(37)8;;/h18-20,24-25,31-33,44H,9-17,21-23,26-28H2,1-8H3;;/q;+1;-1. The van der Waals surface area contributed by atoms with Crippen molar-refractivity contribution >= 4 is 19.4 Å². The molecule has 0 saturated carbocycles. The van der Waals surface area contributed by atoms with Crippen LogP contribution in [0.1, 0.15) is 142 Å². The van der Waals surface area contributed by atoms with E-state index in [1.165, 1.54) is 44.9 Å². The van der Waals surface area contributed by atoms with Crippen molar-refractivity contribution in [2.45, 2.75) is 132 Å². The maximum atomic E-state index is 13.9. The number of carbonyl (C=O) groups excluding carboxylic acids is 1. The molecule has 0 saturated heterocycles. The molecular weight excluding hydrogens is 570 g/mol. The molecule has 0 amide bonds. The fourth-order valence-corrected chi connectivity index (χ4v) is 6.95. The van der Waals surface area contributed by atoms with E-state index in [0.717, 1.165) is 71.3 Å². The van der Waals surface area contributed by atoms with Crippen LogP contribution in [0, 0.1) is 31.6 Å². The topological polar surface area (TPSA) is 44.8 Å². The van der Waals surface area contributed by atoms with Crippen molar-refractivity contribution in [1.29, 1.82) is 0 Å². The Kier molecular flexibility index (Phi) is 22.0. The molecule has 2 aromatic rings. The Labute approximate surface area is 292 Å². The molecule has 250 valence electrons. The van der Waals surface area contributed by atoms with Crippen LogP contribution in [0.15, 0.2) is 30.3 Å². The first-order chi connectivity index (χ1) is 21.3. The summed E-state index contributed by atoms with van der Waals surface area (Å²) >= 11 is 0. The van der Waals surface area contributed by atoms with Crippen molar-refractivity contribution in [2.24, 2.45) is 17.8 Å². The third-order valence-corrected chi connectivity index (χ3v) is 10.3. The van der Waals surface area contributed by atoms with Crippen LogP contribution in [0.4, 0.5) is 0 Å². The van der Waals surface area contributed by atoms with Crippen LogP contribution in [-0.2, 0) is 0 Å². The average molecular weight is 635 g/mol. The zero-order valence-electron chi connectivity index (χ0n) is 31.4. The molecule has 0 spiro atoms. The van der Waals surface area contributed by atoms with Gasteiger partial charge in [-0.05, 0) is 70.6 Å². The molecule has 0 N–H and O–H groups in total. The Morgan fingerprint density at radius 3 is 1.47 bits per heavy atom. The molecule has 4 unspecified atom stereocenters. The summed E-state index contributed by atoms with van der Waals surface area (Å²) in [5.41, 5.74) is 2.97. The van der Waals surface area contributed by atoms with E-state index < -0.39 is 0 Å². The quantitative estimate of drug-likeness (QED) is 0.0860. The molecule has 0 bridgehead atoms. The molecule has 0 fully saturated rings. The first kappa shape index (κ1) is 41.6. The van der Waals surface area contributed by atoms with E-state index in [1.54, 1.807) is 0 Å². The monoisotopic (exact) mass is 634 g/mol. The van der Waals surface area contributed by atoms with E-state index in [9.17, 15) is 4.79 Å². The van der Waals surface area contributed by atoms with Crippen LogP contribution in [-0.4, -0.2) is 25.3 Å². The molecule has 45 heavy (non-hydrogen) atoms. The number of unbranched alkanes of at least 4 members (excludes halogenated alkanes) is 3. The summed E-state index contributed by atoms with van der Waals surface area (Å²) in [4.78, 5) is 13.9. The molecule has 4 nitrogen and oxygen atoms in total. The minimum atomic E-state index is -0.0945. The second kappa shape index (κ2) is 23.8. The van der Waals surface area contributed by atoms with E-state index in [-0.39, 0.29) is 34.4 Å². The molecule has 0 heterocycles. The Balaban J connectivity index is 0.0000101. The number of carbonyl (C=O) groups is 1. The Hall–Kier alpha value is -1.46. The predicted octanol–water partition coefficient (Wildman–Crippen LogP) is 8.35. The third-order valence-electron chi connectivity index (χ3n) is 9.05. The van der Waals surface area contributed by atoms with E-state index in [0.29, 0.717) is 37.6 Å².